The molecule has 2 N–H and O–H groups in total. The molecule has 28 heavy (non-hydrogen) atoms. The monoisotopic (exact) mass is 400 g/mol. The van der Waals surface area contributed by atoms with Crippen molar-refractivity contribution >= 4 is 6.03 Å². The second kappa shape index (κ2) is 10.5. The van der Waals surface area contributed by atoms with Crippen molar-refractivity contribution < 1.29 is 31.8 Å². The van der Waals surface area contributed by atoms with Gasteiger partial charge >= 0.3 is 12.2 Å². The van der Waals surface area contributed by atoms with Crippen LogP contribution < -0.4 is 15.4 Å². The van der Waals surface area contributed by atoms with Crippen LogP contribution in [0.3, 0.4) is 0 Å². The Bertz CT molecular complexity index is 734. The topological polar surface area (TPSA) is 59.6 Å². The number of rotatable bonds is 9. The molecule has 2 aromatic rings. The van der Waals surface area contributed by atoms with Gasteiger partial charge in [0.25, 0.3) is 0 Å². The van der Waals surface area contributed by atoms with E-state index in [0.29, 0.717) is 11.3 Å². The lowest BCUT2D eigenvalue weighted by molar-refractivity contribution is -0.176. The first-order valence-electron chi connectivity index (χ1n) is 8.44. The lowest BCUT2D eigenvalue weighted by atomic mass is 10.1. The summed E-state index contributed by atoms with van der Waals surface area (Å²) in [6, 6.07) is 11.8. The molecule has 5 nitrogen and oxygen atoms in total. The molecule has 0 aliphatic rings. The van der Waals surface area contributed by atoms with Gasteiger partial charge in [-0.15, -0.1) is 0 Å². The van der Waals surface area contributed by atoms with E-state index in [-0.39, 0.29) is 38.2 Å². The first kappa shape index (κ1) is 21.5. The number of urea groups is 1. The lowest BCUT2D eigenvalue weighted by Crippen LogP contribution is -2.37. The molecule has 0 aliphatic heterocycles. The zero-order valence-electron chi connectivity index (χ0n) is 14.9. The summed E-state index contributed by atoms with van der Waals surface area (Å²) in [5.74, 6) is 0.148. The molecule has 0 heterocycles. The largest absolute Gasteiger partial charge is 0.492 e. The number of benzene rings is 2. The standard InChI is InChI=1S/C19H20F4N2O3/c20-16-5-7-17(8-6-16)28-10-9-24-18(26)25-11-14-1-3-15(4-2-14)12-27-13-19(21,22)23/h1-8H,9-13H2,(H2,24,25,26). The molecule has 2 rings (SSSR count). The summed E-state index contributed by atoms with van der Waals surface area (Å²) in [5.41, 5.74) is 1.40. The van der Waals surface area contributed by atoms with E-state index in [1.54, 1.807) is 24.3 Å². The predicted octanol–water partition coefficient (Wildman–Crippen LogP) is 3.78. The first-order valence-corrected chi connectivity index (χ1v) is 8.44. The Balaban J connectivity index is 1.60. The number of hydrogen-bond donors (Lipinski definition) is 2. The Hall–Kier alpha value is -2.81. The number of ether oxygens (including phenoxy) is 2. The molecular formula is C19H20F4N2O3. The molecule has 0 saturated heterocycles. The minimum absolute atomic E-state index is 0.137. The van der Waals surface area contributed by atoms with Gasteiger partial charge in [-0.05, 0) is 35.4 Å². The van der Waals surface area contributed by atoms with E-state index in [2.05, 4.69) is 15.4 Å². The average molecular weight is 400 g/mol. The van der Waals surface area contributed by atoms with Crippen molar-refractivity contribution in [3.05, 3.63) is 65.5 Å². The summed E-state index contributed by atoms with van der Waals surface area (Å²) in [7, 11) is 0. The Morgan fingerprint density at radius 1 is 0.929 bits per heavy atom. The maximum Gasteiger partial charge on any atom is 0.411 e. The van der Waals surface area contributed by atoms with Gasteiger partial charge < -0.3 is 20.1 Å². The summed E-state index contributed by atoms with van der Waals surface area (Å²) in [6.45, 7) is -0.679. The average Bonchev–Trinajstić information content (AvgIpc) is 2.65. The molecule has 2 aromatic carbocycles. The molecule has 0 spiro atoms. The number of carbonyl (C=O) groups is 1. The van der Waals surface area contributed by atoms with Crippen LogP contribution in [0.15, 0.2) is 48.5 Å². The van der Waals surface area contributed by atoms with Crippen LogP contribution in [0, 0.1) is 5.82 Å². The minimum atomic E-state index is -4.35. The lowest BCUT2D eigenvalue weighted by Gasteiger charge is -2.10. The molecule has 0 saturated carbocycles. The highest BCUT2D eigenvalue weighted by Gasteiger charge is 2.27. The van der Waals surface area contributed by atoms with E-state index in [1.807, 2.05) is 0 Å². The molecule has 0 radical (unpaired) electrons. The number of halogens is 4. The molecule has 0 fully saturated rings. The van der Waals surface area contributed by atoms with Gasteiger partial charge in [0, 0.05) is 6.54 Å². The van der Waals surface area contributed by atoms with E-state index >= 15 is 0 Å². The van der Waals surface area contributed by atoms with Crippen LogP contribution in [0.2, 0.25) is 0 Å². The highest BCUT2D eigenvalue weighted by atomic mass is 19.4. The predicted molar refractivity (Wildman–Crippen MR) is 94.3 cm³/mol. The Morgan fingerprint density at radius 3 is 2.21 bits per heavy atom. The molecular weight excluding hydrogens is 380 g/mol. The number of carbonyl (C=O) groups excluding carboxylic acids is 1. The van der Waals surface area contributed by atoms with Crippen LogP contribution in [0.4, 0.5) is 22.4 Å². The third kappa shape index (κ3) is 8.72. The Morgan fingerprint density at radius 2 is 1.57 bits per heavy atom. The number of alkyl halides is 3. The molecule has 0 unspecified atom stereocenters. The first-order chi connectivity index (χ1) is 13.3. The van der Waals surface area contributed by atoms with Gasteiger partial charge in [0.15, 0.2) is 0 Å². The highest BCUT2D eigenvalue weighted by molar-refractivity contribution is 5.73. The van der Waals surface area contributed by atoms with Crippen LogP contribution in [0.1, 0.15) is 11.1 Å². The van der Waals surface area contributed by atoms with Gasteiger partial charge in [0.2, 0.25) is 0 Å². The van der Waals surface area contributed by atoms with Gasteiger partial charge in [0.1, 0.15) is 24.8 Å². The van der Waals surface area contributed by atoms with Gasteiger partial charge in [-0.3, -0.25) is 0 Å². The molecule has 152 valence electrons. The van der Waals surface area contributed by atoms with Crippen LogP contribution in [0.5, 0.6) is 5.75 Å². The van der Waals surface area contributed by atoms with E-state index in [0.717, 1.165) is 5.56 Å². The number of amides is 2. The SMILES string of the molecule is O=C(NCCOc1ccc(F)cc1)NCc1ccc(COCC(F)(F)F)cc1. The summed E-state index contributed by atoms with van der Waals surface area (Å²) in [5, 5.41) is 5.26. The third-order valence-electron chi connectivity index (χ3n) is 3.48. The summed E-state index contributed by atoms with van der Waals surface area (Å²) in [6.07, 6.45) is -4.35. The van der Waals surface area contributed by atoms with Crippen LogP contribution >= 0.6 is 0 Å². The summed E-state index contributed by atoms with van der Waals surface area (Å²) >= 11 is 0. The van der Waals surface area contributed by atoms with Gasteiger partial charge in [0.05, 0.1) is 13.2 Å². The zero-order valence-corrected chi connectivity index (χ0v) is 14.9. The smallest absolute Gasteiger partial charge is 0.411 e. The van der Waals surface area contributed by atoms with Crippen LogP contribution in [-0.2, 0) is 17.9 Å². The van der Waals surface area contributed by atoms with Gasteiger partial charge in [-0.25, -0.2) is 9.18 Å². The van der Waals surface area contributed by atoms with Crippen molar-refractivity contribution in [3.8, 4) is 5.75 Å². The molecule has 2 amide bonds. The summed E-state index contributed by atoms with van der Waals surface area (Å²) in [4.78, 5) is 11.7. The van der Waals surface area contributed by atoms with Crippen molar-refractivity contribution in [3.63, 3.8) is 0 Å². The fraction of sp³-hybridized carbons (Fsp3) is 0.316. The van der Waals surface area contributed by atoms with Crippen LogP contribution in [-0.4, -0.2) is 32.0 Å². The third-order valence-corrected chi connectivity index (χ3v) is 3.48. The molecule has 0 atom stereocenters. The van der Waals surface area contributed by atoms with Crippen molar-refractivity contribution in [2.75, 3.05) is 19.8 Å². The Kier molecular flexibility index (Phi) is 8.06. The number of hydrogen-bond acceptors (Lipinski definition) is 3. The molecule has 0 bridgehead atoms. The number of nitrogens with one attached hydrogen (secondary N) is 2. The van der Waals surface area contributed by atoms with Gasteiger partial charge in [-0.1, -0.05) is 24.3 Å². The van der Waals surface area contributed by atoms with Crippen LogP contribution in [0.25, 0.3) is 0 Å². The van der Waals surface area contributed by atoms with E-state index in [1.165, 1.54) is 24.3 Å². The van der Waals surface area contributed by atoms with E-state index in [9.17, 15) is 22.4 Å². The zero-order chi connectivity index (χ0) is 20.4. The maximum atomic E-state index is 12.8. The van der Waals surface area contributed by atoms with Crippen molar-refractivity contribution in [2.45, 2.75) is 19.3 Å². The maximum absolute atomic E-state index is 12.8. The fourth-order valence-electron chi connectivity index (χ4n) is 2.15. The molecule has 0 aromatic heterocycles. The van der Waals surface area contributed by atoms with Crippen molar-refractivity contribution in [1.29, 1.82) is 0 Å². The van der Waals surface area contributed by atoms with Crippen molar-refractivity contribution in [1.82, 2.24) is 10.6 Å². The molecule has 9 heteroatoms. The highest BCUT2D eigenvalue weighted by Crippen LogP contribution is 2.16. The second-order valence-electron chi connectivity index (χ2n) is 5.84. The van der Waals surface area contributed by atoms with E-state index in [4.69, 9.17) is 4.74 Å². The minimum Gasteiger partial charge on any atom is -0.492 e. The normalized spacial score (nSPS) is 11.1. The fourth-order valence-corrected chi connectivity index (χ4v) is 2.15. The van der Waals surface area contributed by atoms with E-state index < -0.39 is 12.8 Å². The summed E-state index contributed by atoms with van der Waals surface area (Å²) < 4.78 is 58.7. The Labute approximate surface area is 159 Å². The second-order valence-corrected chi connectivity index (χ2v) is 5.84. The van der Waals surface area contributed by atoms with Gasteiger partial charge in [-0.2, -0.15) is 13.2 Å². The molecule has 0 aliphatic carbocycles. The van der Waals surface area contributed by atoms with Crippen molar-refractivity contribution in [2.24, 2.45) is 0 Å². The quantitative estimate of drug-likeness (QED) is 0.498.